The maximum absolute atomic E-state index is 11.8. The van der Waals surface area contributed by atoms with Crippen molar-refractivity contribution in [2.75, 3.05) is 20.6 Å². The summed E-state index contributed by atoms with van der Waals surface area (Å²) in [5.41, 5.74) is 1.86. The molecule has 0 aliphatic rings. The van der Waals surface area contributed by atoms with Gasteiger partial charge in [0.2, 0.25) is 5.91 Å². The molecule has 9 heteroatoms. The molecule has 0 heterocycles. The fourth-order valence-electron chi connectivity index (χ4n) is 2.17. The Bertz CT molecular complexity index is 836. The van der Waals surface area contributed by atoms with E-state index in [1.807, 2.05) is 12.1 Å². The van der Waals surface area contributed by atoms with Crippen LogP contribution in [0.25, 0.3) is 0 Å². The normalized spacial score (nSPS) is 11.0. The van der Waals surface area contributed by atoms with Crippen LogP contribution < -0.4 is 10.6 Å². The number of amides is 1. The zero-order chi connectivity index (χ0) is 20.5. The van der Waals surface area contributed by atoms with Gasteiger partial charge in [-0.2, -0.15) is 0 Å². The van der Waals surface area contributed by atoms with Crippen molar-refractivity contribution in [1.29, 1.82) is 0 Å². The Morgan fingerprint density at radius 2 is 1.68 bits per heavy atom. The Kier molecular flexibility index (Phi) is 7.76. The summed E-state index contributed by atoms with van der Waals surface area (Å²) < 4.78 is 0. The Balaban J connectivity index is 2.03. The Morgan fingerprint density at radius 1 is 1.07 bits per heavy atom. The van der Waals surface area contributed by atoms with E-state index in [-0.39, 0.29) is 18.1 Å². The van der Waals surface area contributed by atoms with E-state index in [2.05, 4.69) is 15.6 Å². The van der Waals surface area contributed by atoms with Crippen LogP contribution in [0.4, 0.5) is 5.69 Å². The van der Waals surface area contributed by atoms with Crippen molar-refractivity contribution in [2.24, 2.45) is 4.99 Å². The third-order valence-corrected chi connectivity index (χ3v) is 4.10. The average Bonchev–Trinajstić information content (AvgIpc) is 2.68. The molecule has 28 heavy (non-hydrogen) atoms. The molecule has 8 nitrogen and oxygen atoms in total. The summed E-state index contributed by atoms with van der Waals surface area (Å²) in [6.07, 6.45) is 0. The molecule has 0 spiro atoms. The molecule has 2 aromatic carbocycles. The van der Waals surface area contributed by atoms with E-state index >= 15 is 0 Å². The molecule has 0 aliphatic carbocycles. The lowest BCUT2D eigenvalue weighted by molar-refractivity contribution is -0.384. The lowest BCUT2D eigenvalue weighted by atomic mass is 10.2. The minimum absolute atomic E-state index is 0.0371. The van der Waals surface area contributed by atoms with Gasteiger partial charge in [0.15, 0.2) is 5.96 Å². The molecule has 0 radical (unpaired) electrons. The SMILES string of the molecule is CN(C)C(=O)CNC(=NCc1ccc(Cl)cc1)NCc1ccc([N+](=O)[O-])cc1. The van der Waals surface area contributed by atoms with E-state index in [1.54, 1.807) is 38.4 Å². The number of guanidine groups is 1. The van der Waals surface area contributed by atoms with Crippen LogP contribution in [0.1, 0.15) is 11.1 Å². The van der Waals surface area contributed by atoms with Crippen molar-refractivity contribution in [1.82, 2.24) is 15.5 Å². The van der Waals surface area contributed by atoms with Crippen molar-refractivity contribution in [3.8, 4) is 0 Å². The molecular weight excluding hydrogens is 382 g/mol. The van der Waals surface area contributed by atoms with Crippen molar-refractivity contribution >= 4 is 29.2 Å². The van der Waals surface area contributed by atoms with Crippen LogP contribution in [0.15, 0.2) is 53.5 Å². The number of rotatable bonds is 7. The Morgan fingerprint density at radius 3 is 2.25 bits per heavy atom. The van der Waals surface area contributed by atoms with Gasteiger partial charge in [-0.3, -0.25) is 14.9 Å². The topological polar surface area (TPSA) is 99.9 Å². The highest BCUT2D eigenvalue weighted by molar-refractivity contribution is 6.30. The first-order valence-electron chi connectivity index (χ1n) is 8.55. The predicted octanol–water partition coefficient (Wildman–Crippen LogP) is 2.57. The van der Waals surface area contributed by atoms with Crippen LogP contribution in [-0.4, -0.2) is 42.3 Å². The molecule has 0 fully saturated rings. The predicted molar refractivity (Wildman–Crippen MR) is 109 cm³/mol. The number of likely N-dealkylation sites (N-methyl/N-ethyl adjacent to an activating group) is 1. The third kappa shape index (κ3) is 6.88. The van der Waals surface area contributed by atoms with Gasteiger partial charge in [-0.1, -0.05) is 35.9 Å². The van der Waals surface area contributed by atoms with Crippen molar-refractivity contribution in [2.45, 2.75) is 13.1 Å². The summed E-state index contributed by atoms with van der Waals surface area (Å²) in [6, 6.07) is 13.6. The highest BCUT2D eigenvalue weighted by Crippen LogP contribution is 2.12. The largest absolute Gasteiger partial charge is 0.352 e. The van der Waals surface area contributed by atoms with E-state index in [9.17, 15) is 14.9 Å². The van der Waals surface area contributed by atoms with Crippen molar-refractivity contribution < 1.29 is 9.72 Å². The molecule has 0 unspecified atom stereocenters. The number of carbonyl (C=O) groups excluding carboxylic acids is 1. The maximum atomic E-state index is 11.8. The highest BCUT2D eigenvalue weighted by Gasteiger charge is 2.07. The summed E-state index contributed by atoms with van der Waals surface area (Å²) in [4.78, 5) is 28.1. The molecular formula is C19H22ClN5O3. The minimum Gasteiger partial charge on any atom is -0.352 e. The van der Waals surface area contributed by atoms with Gasteiger partial charge in [0.1, 0.15) is 0 Å². The van der Waals surface area contributed by atoms with E-state index in [4.69, 9.17) is 11.6 Å². The van der Waals surface area contributed by atoms with E-state index in [0.29, 0.717) is 24.1 Å². The fraction of sp³-hybridized carbons (Fsp3) is 0.263. The molecule has 2 N–H and O–H groups in total. The molecule has 0 aromatic heterocycles. The highest BCUT2D eigenvalue weighted by atomic mass is 35.5. The first-order valence-corrected chi connectivity index (χ1v) is 8.93. The van der Waals surface area contributed by atoms with Gasteiger partial charge < -0.3 is 15.5 Å². The van der Waals surface area contributed by atoms with Crippen LogP contribution in [0, 0.1) is 10.1 Å². The zero-order valence-corrected chi connectivity index (χ0v) is 16.4. The lowest BCUT2D eigenvalue weighted by Gasteiger charge is -2.15. The van der Waals surface area contributed by atoms with Crippen LogP contribution in [0.5, 0.6) is 0 Å². The summed E-state index contributed by atoms with van der Waals surface area (Å²) in [6.45, 7) is 0.906. The van der Waals surface area contributed by atoms with E-state index < -0.39 is 4.92 Å². The number of nitrogens with one attached hydrogen (secondary N) is 2. The number of nitro benzene ring substituents is 1. The summed E-state index contributed by atoms with van der Waals surface area (Å²) in [5.74, 6) is 0.375. The number of nitrogens with zero attached hydrogens (tertiary/aromatic N) is 3. The number of aliphatic imine (C=N–C) groups is 1. The van der Waals surface area contributed by atoms with Gasteiger partial charge in [-0.05, 0) is 23.3 Å². The first kappa shape index (κ1) is 21.2. The second-order valence-electron chi connectivity index (χ2n) is 6.21. The standard InChI is InChI=1S/C19H22ClN5O3/c1-24(2)18(26)13-23-19(21-11-14-3-7-16(20)8-4-14)22-12-15-5-9-17(10-6-15)25(27)28/h3-10H,11-13H2,1-2H3,(H2,21,22,23). The van der Waals surface area contributed by atoms with Crippen LogP contribution >= 0.6 is 11.6 Å². The van der Waals surface area contributed by atoms with E-state index in [1.165, 1.54) is 17.0 Å². The number of hydrogen-bond acceptors (Lipinski definition) is 4. The fourth-order valence-corrected chi connectivity index (χ4v) is 2.30. The molecule has 0 bridgehead atoms. The first-order chi connectivity index (χ1) is 13.3. The van der Waals surface area contributed by atoms with Crippen molar-refractivity contribution in [3.63, 3.8) is 0 Å². The smallest absolute Gasteiger partial charge is 0.269 e. The minimum atomic E-state index is -0.440. The second-order valence-corrected chi connectivity index (χ2v) is 6.65. The van der Waals surface area contributed by atoms with Crippen LogP contribution in [0.2, 0.25) is 5.02 Å². The number of hydrogen-bond donors (Lipinski definition) is 2. The van der Waals surface area contributed by atoms with Gasteiger partial charge in [-0.15, -0.1) is 0 Å². The quantitative estimate of drug-likeness (QED) is 0.320. The Hall–Kier alpha value is -3.13. The third-order valence-electron chi connectivity index (χ3n) is 3.85. The molecule has 0 atom stereocenters. The summed E-state index contributed by atoms with van der Waals surface area (Å²) in [5, 5.41) is 17.5. The molecule has 0 saturated heterocycles. The van der Waals surface area contributed by atoms with Crippen molar-refractivity contribution in [3.05, 3.63) is 74.8 Å². The molecule has 148 valence electrons. The van der Waals surface area contributed by atoms with Gasteiger partial charge >= 0.3 is 0 Å². The van der Waals surface area contributed by atoms with Gasteiger partial charge in [0, 0.05) is 37.8 Å². The summed E-state index contributed by atoms with van der Waals surface area (Å²) in [7, 11) is 3.36. The second kappa shape index (κ2) is 10.3. The number of carbonyl (C=O) groups is 1. The number of halogens is 1. The van der Waals surface area contributed by atoms with E-state index in [0.717, 1.165) is 11.1 Å². The molecule has 2 rings (SSSR count). The Labute approximate surface area is 168 Å². The maximum Gasteiger partial charge on any atom is 0.269 e. The number of benzene rings is 2. The molecule has 0 aliphatic heterocycles. The van der Waals surface area contributed by atoms with Gasteiger partial charge in [-0.25, -0.2) is 4.99 Å². The molecule has 2 aromatic rings. The van der Waals surface area contributed by atoms with Gasteiger partial charge in [0.05, 0.1) is 18.0 Å². The number of non-ortho nitro benzene ring substituents is 1. The van der Waals surface area contributed by atoms with Gasteiger partial charge in [0.25, 0.3) is 5.69 Å². The molecule has 0 saturated carbocycles. The number of nitro groups is 1. The zero-order valence-electron chi connectivity index (χ0n) is 15.7. The molecule has 1 amide bonds. The van der Waals surface area contributed by atoms with Crippen LogP contribution in [-0.2, 0) is 17.9 Å². The average molecular weight is 404 g/mol. The summed E-state index contributed by atoms with van der Waals surface area (Å²) >= 11 is 5.89. The van der Waals surface area contributed by atoms with Crippen LogP contribution in [0.3, 0.4) is 0 Å². The lowest BCUT2D eigenvalue weighted by Crippen LogP contribution is -2.42. The monoisotopic (exact) mass is 403 g/mol.